The van der Waals surface area contributed by atoms with Crippen molar-refractivity contribution in [3.63, 3.8) is 0 Å². The zero-order valence-electron chi connectivity index (χ0n) is 17.6. The zero-order valence-corrected chi connectivity index (χ0v) is 17.6. The average molecular weight is 423 g/mol. The van der Waals surface area contributed by atoms with Gasteiger partial charge in [-0.1, -0.05) is 6.92 Å². The number of nitrogens with one attached hydrogen (secondary N) is 1. The number of benzene rings is 1. The average Bonchev–Trinajstić information content (AvgIpc) is 3.27. The number of phenolic OH excluding ortho intramolecular Hbond substituents is 1. The molecule has 7 nitrogen and oxygen atoms in total. The van der Waals surface area contributed by atoms with Crippen molar-refractivity contribution in [1.82, 2.24) is 25.1 Å². The molecule has 2 aromatic heterocycles. The van der Waals surface area contributed by atoms with Gasteiger partial charge in [0.2, 0.25) is 5.88 Å². The minimum absolute atomic E-state index is 0.0891. The molecular weight excluding hydrogens is 397 g/mol. The molecule has 0 radical (unpaired) electrons. The molecule has 162 valence electrons. The molecule has 3 aromatic rings. The minimum atomic E-state index is -1.12. The molecule has 0 amide bonds. The fourth-order valence-electron chi connectivity index (χ4n) is 5.13. The predicted octanol–water partition coefficient (Wildman–Crippen LogP) is 3.67. The first-order valence-electron chi connectivity index (χ1n) is 10.7. The normalized spacial score (nSPS) is 30.2. The summed E-state index contributed by atoms with van der Waals surface area (Å²) in [5.74, 6) is 0.885. The second-order valence-electron chi connectivity index (χ2n) is 9.03. The van der Waals surface area contributed by atoms with Crippen LogP contribution in [0.15, 0.2) is 49.1 Å². The lowest BCUT2D eigenvalue weighted by Gasteiger charge is -2.51. The van der Waals surface area contributed by atoms with Crippen molar-refractivity contribution < 1.29 is 14.2 Å². The summed E-state index contributed by atoms with van der Waals surface area (Å²) < 4.78 is 23.0. The van der Waals surface area contributed by atoms with E-state index >= 15 is 4.39 Å². The number of alkyl halides is 1. The van der Waals surface area contributed by atoms with E-state index in [4.69, 9.17) is 4.74 Å². The summed E-state index contributed by atoms with van der Waals surface area (Å²) in [5, 5.41) is 22.3. The summed E-state index contributed by atoms with van der Waals surface area (Å²) in [6, 6.07) is 8.96. The number of piperidine rings is 2. The van der Waals surface area contributed by atoms with Gasteiger partial charge in [-0.05, 0) is 43.9 Å². The van der Waals surface area contributed by atoms with Crippen molar-refractivity contribution >= 4 is 0 Å². The fraction of sp³-hybridized carbons (Fsp3) is 0.435. The van der Waals surface area contributed by atoms with Gasteiger partial charge in [0.1, 0.15) is 11.9 Å². The topological polar surface area (TPSA) is 85.1 Å². The Hall–Kier alpha value is -3.00. The van der Waals surface area contributed by atoms with Crippen LogP contribution in [0.25, 0.3) is 16.9 Å². The number of hydrogen-bond donors (Lipinski definition) is 2. The maximum atomic E-state index is 15.2. The number of aromatic hydroxyl groups is 1. The Bertz CT molecular complexity index is 1050. The molecule has 5 rings (SSSR count). The Labute approximate surface area is 180 Å². The molecule has 31 heavy (non-hydrogen) atoms. The highest BCUT2D eigenvalue weighted by Crippen LogP contribution is 2.40. The van der Waals surface area contributed by atoms with Crippen molar-refractivity contribution in [2.75, 3.05) is 0 Å². The van der Waals surface area contributed by atoms with Crippen LogP contribution in [0.4, 0.5) is 4.39 Å². The molecule has 0 saturated carbocycles. The van der Waals surface area contributed by atoms with Gasteiger partial charge in [0.15, 0.2) is 6.17 Å². The van der Waals surface area contributed by atoms with Crippen molar-refractivity contribution in [1.29, 1.82) is 0 Å². The molecular formula is C23H26FN5O2. The van der Waals surface area contributed by atoms with Crippen molar-refractivity contribution in [3.05, 3.63) is 49.1 Å². The fourth-order valence-corrected chi connectivity index (χ4v) is 5.13. The van der Waals surface area contributed by atoms with Crippen molar-refractivity contribution in [2.24, 2.45) is 5.92 Å². The van der Waals surface area contributed by atoms with Gasteiger partial charge in [-0.15, -0.1) is 10.2 Å². The van der Waals surface area contributed by atoms with Crippen LogP contribution in [0.5, 0.6) is 11.6 Å². The summed E-state index contributed by atoms with van der Waals surface area (Å²) in [4.78, 5) is 4.01. The number of halogens is 1. The van der Waals surface area contributed by atoms with E-state index in [0.717, 1.165) is 18.5 Å². The van der Waals surface area contributed by atoms with Gasteiger partial charge in [-0.25, -0.2) is 9.37 Å². The van der Waals surface area contributed by atoms with Crippen LogP contribution < -0.4 is 10.1 Å². The van der Waals surface area contributed by atoms with E-state index in [-0.39, 0.29) is 11.8 Å². The third kappa shape index (κ3) is 3.76. The molecule has 2 N–H and O–H groups in total. The van der Waals surface area contributed by atoms with Crippen LogP contribution in [0.3, 0.4) is 0 Å². The summed E-state index contributed by atoms with van der Waals surface area (Å²) in [6.07, 6.45) is 5.90. The number of imidazole rings is 1. The Morgan fingerprint density at radius 2 is 2.10 bits per heavy atom. The van der Waals surface area contributed by atoms with Crippen LogP contribution in [-0.2, 0) is 0 Å². The van der Waals surface area contributed by atoms with E-state index in [1.165, 1.54) is 0 Å². The quantitative estimate of drug-likeness (QED) is 0.666. The van der Waals surface area contributed by atoms with Gasteiger partial charge in [-0.3, -0.25) is 0 Å². The largest absolute Gasteiger partial charge is 0.507 e. The molecule has 2 bridgehead atoms. The lowest BCUT2D eigenvalue weighted by molar-refractivity contribution is -0.0461. The van der Waals surface area contributed by atoms with Crippen molar-refractivity contribution in [3.8, 4) is 28.6 Å². The molecule has 2 aliphatic rings. The molecule has 0 aliphatic carbocycles. The van der Waals surface area contributed by atoms with Crippen LogP contribution in [0.1, 0.15) is 33.1 Å². The number of hydrogen-bond acceptors (Lipinski definition) is 6. The first kappa shape index (κ1) is 19.9. The third-order valence-electron chi connectivity index (χ3n) is 6.42. The third-order valence-corrected chi connectivity index (χ3v) is 6.42. The maximum absolute atomic E-state index is 15.2. The summed E-state index contributed by atoms with van der Waals surface area (Å²) in [6.45, 7) is 4.13. The van der Waals surface area contributed by atoms with Crippen LogP contribution in [-0.4, -0.2) is 48.7 Å². The number of nitrogens with zero attached hydrogens (tertiary/aromatic N) is 4. The number of fused-ring (bicyclic) bond motifs is 2. The van der Waals surface area contributed by atoms with Gasteiger partial charge in [-0.2, -0.15) is 0 Å². The molecule has 8 heteroatoms. The van der Waals surface area contributed by atoms with E-state index < -0.39 is 17.8 Å². The van der Waals surface area contributed by atoms with E-state index in [0.29, 0.717) is 29.5 Å². The number of aromatic nitrogens is 4. The second-order valence-corrected chi connectivity index (χ2v) is 9.03. The first-order chi connectivity index (χ1) is 14.9. The Morgan fingerprint density at radius 3 is 2.81 bits per heavy atom. The standard InChI is InChI=1S/C23H26FN5O2/c1-14-9-15-10-20(22(24)23(2,12-14)26-15)31-21-6-5-18(27-28-21)17-4-3-16(11-19(17)30)29-8-7-25-13-29/h3-8,11,13-15,20,22,26,30H,9-10,12H2,1-2H3/t14-,15?,20+,22-,23-/m1/s1. The van der Waals surface area contributed by atoms with Gasteiger partial charge in [0.05, 0.1) is 23.2 Å². The van der Waals surface area contributed by atoms with Crippen LogP contribution in [0.2, 0.25) is 0 Å². The molecule has 0 spiro atoms. The Kier molecular flexibility index (Phi) is 4.89. The molecule has 2 saturated heterocycles. The van der Waals surface area contributed by atoms with E-state index in [1.807, 2.05) is 13.0 Å². The van der Waals surface area contributed by atoms with Gasteiger partial charge in [0.25, 0.3) is 0 Å². The molecule has 1 aromatic carbocycles. The molecule has 2 aliphatic heterocycles. The van der Waals surface area contributed by atoms with Gasteiger partial charge in [0, 0.05) is 42.6 Å². The van der Waals surface area contributed by atoms with Crippen LogP contribution in [0, 0.1) is 5.92 Å². The van der Waals surface area contributed by atoms with Crippen LogP contribution >= 0.6 is 0 Å². The van der Waals surface area contributed by atoms with Gasteiger partial charge < -0.3 is 19.7 Å². The minimum Gasteiger partial charge on any atom is -0.507 e. The molecule has 1 unspecified atom stereocenters. The summed E-state index contributed by atoms with van der Waals surface area (Å²) in [5.41, 5.74) is 1.30. The van der Waals surface area contributed by atoms with E-state index in [9.17, 15) is 5.11 Å². The molecule has 4 heterocycles. The van der Waals surface area contributed by atoms with E-state index in [1.54, 1.807) is 47.6 Å². The number of ether oxygens (including phenoxy) is 1. The summed E-state index contributed by atoms with van der Waals surface area (Å²) >= 11 is 0. The number of phenols is 1. The lowest BCUT2D eigenvalue weighted by Crippen LogP contribution is -2.67. The zero-order chi connectivity index (χ0) is 21.6. The Morgan fingerprint density at radius 1 is 1.23 bits per heavy atom. The molecule has 5 atom stereocenters. The second kappa shape index (κ2) is 7.60. The first-order valence-corrected chi connectivity index (χ1v) is 10.7. The highest BCUT2D eigenvalue weighted by molar-refractivity contribution is 5.68. The highest BCUT2D eigenvalue weighted by Gasteiger charge is 2.50. The smallest absolute Gasteiger partial charge is 0.233 e. The Balaban J connectivity index is 1.32. The SMILES string of the molecule is C[C@@H]1CC2C[C@H](Oc3ccc(-c4ccc(-n5ccnc5)cc4O)nn3)[C@@H](F)[C@@](C)(C1)N2. The number of rotatable bonds is 4. The molecule has 2 fully saturated rings. The predicted molar refractivity (Wildman–Crippen MR) is 114 cm³/mol. The van der Waals surface area contributed by atoms with Gasteiger partial charge >= 0.3 is 0 Å². The van der Waals surface area contributed by atoms with E-state index in [2.05, 4.69) is 27.4 Å². The maximum Gasteiger partial charge on any atom is 0.233 e. The monoisotopic (exact) mass is 423 g/mol. The van der Waals surface area contributed by atoms with Crippen molar-refractivity contribution in [2.45, 2.75) is 57.0 Å². The lowest BCUT2D eigenvalue weighted by atomic mass is 9.71. The highest BCUT2D eigenvalue weighted by atomic mass is 19.1. The summed E-state index contributed by atoms with van der Waals surface area (Å²) in [7, 11) is 0.